The number of amides is 1. The molecule has 0 aliphatic rings. The molecule has 0 spiro atoms. The normalized spacial score (nSPS) is 10.5. The molecule has 1 N–H and O–H groups in total. The third kappa shape index (κ3) is 3.19. The van der Waals surface area contributed by atoms with E-state index in [1.165, 1.54) is 12.5 Å². The van der Waals surface area contributed by atoms with Crippen molar-refractivity contribution in [2.24, 2.45) is 0 Å². The van der Waals surface area contributed by atoms with Gasteiger partial charge in [-0.1, -0.05) is 17.7 Å². The van der Waals surface area contributed by atoms with Crippen molar-refractivity contribution in [2.75, 3.05) is 6.54 Å². The summed E-state index contributed by atoms with van der Waals surface area (Å²) in [5.41, 5.74) is 3.41. The lowest BCUT2D eigenvalue weighted by atomic mass is 10.1. The van der Waals surface area contributed by atoms with Crippen molar-refractivity contribution >= 4 is 5.91 Å². The lowest BCUT2D eigenvalue weighted by molar-refractivity contribution is -0.118. The summed E-state index contributed by atoms with van der Waals surface area (Å²) in [6.45, 7) is 6.20. The molecule has 0 saturated heterocycles. The minimum atomic E-state index is -0.0300. The van der Waals surface area contributed by atoms with Crippen LogP contribution in [0, 0.1) is 13.8 Å². The molecule has 1 amide bonds. The second-order valence-corrected chi connectivity index (χ2v) is 4.61. The van der Waals surface area contributed by atoms with Crippen molar-refractivity contribution in [3.8, 4) is 5.69 Å². The van der Waals surface area contributed by atoms with Gasteiger partial charge in [-0.05, 0) is 25.5 Å². The zero-order valence-corrected chi connectivity index (χ0v) is 11.5. The molecule has 19 heavy (non-hydrogen) atoms. The highest BCUT2D eigenvalue weighted by Crippen LogP contribution is 2.16. The first kappa shape index (κ1) is 13.3. The minimum Gasteiger partial charge on any atom is -0.356 e. The predicted octanol–water partition coefficient (Wildman–Crippen LogP) is 1.56. The molecule has 0 fully saturated rings. The number of rotatable bonds is 4. The third-order valence-electron chi connectivity index (χ3n) is 2.92. The van der Waals surface area contributed by atoms with E-state index in [-0.39, 0.29) is 5.91 Å². The summed E-state index contributed by atoms with van der Waals surface area (Å²) in [7, 11) is 0. The number of hydrogen-bond donors (Lipinski definition) is 1. The first-order chi connectivity index (χ1) is 9.08. The summed E-state index contributed by atoms with van der Waals surface area (Å²) < 4.78 is 1.83. The maximum atomic E-state index is 10.9. The Morgan fingerprint density at radius 1 is 1.37 bits per heavy atom. The van der Waals surface area contributed by atoms with Crippen molar-refractivity contribution in [1.82, 2.24) is 20.1 Å². The molecule has 0 bridgehead atoms. The van der Waals surface area contributed by atoms with E-state index < -0.39 is 0 Å². The van der Waals surface area contributed by atoms with E-state index in [1.54, 1.807) is 6.33 Å². The van der Waals surface area contributed by atoms with E-state index in [2.05, 4.69) is 41.4 Å². The number of carbonyl (C=O) groups excluding carboxylic acids is 1. The van der Waals surface area contributed by atoms with Crippen LogP contribution in [0.2, 0.25) is 0 Å². The summed E-state index contributed by atoms with van der Waals surface area (Å²) in [5, 5.41) is 7.03. The molecule has 0 radical (unpaired) electrons. The average molecular weight is 258 g/mol. The van der Waals surface area contributed by atoms with Crippen molar-refractivity contribution in [2.45, 2.75) is 27.2 Å². The van der Waals surface area contributed by atoms with Gasteiger partial charge in [0.05, 0.1) is 5.69 Å². The van der Waals surface area contributed by atoms with Crippen molar-refractivity contribution in [3.05, 3.63) is 41.5 Å². The minimum absolute atomic E-state index is 0.0300. The quantitative estimate of drug-likeness (QED) is 0.905. The van der Waals surface area contributed by atoms with Gasteiger partial charge >= 0.3 is 0 Å². The molecular weight excluding hydrogens is 240 g/mol. The monoisotopic (exact) mass is 258 g/mol. The van der Waals surface area contributed by atoms with Gasteiger partial charge in [0.1, 0.15) is 12.2 Å². The maximum Gasteiger partial charge on any atom is 0.216 e. The average Bonchev–Trinajstić information content (AvgIpc) is 2.77. The van der Waals surface area contributed by atoms with Gasteiger partial charge in [-0.15, -0.1) is 0 Å². The van der Waals surface area contributed by atoms with Crippen LogP contribution >= 0.6 is 0 Å². The van der Waals surface area contributed by atoms with Crippen molar-refractivity contribution in [1.29, 1.82) is 0 Å². The molecule has 0 unspecified atom stereocenters. The molecular formula is C14H18N4O. The number of nitrogens with zero attached hydrogens (tertiary/aromatic N) is 3. The van der Waals surface area contributed by atoms with Gasteiger partial charge in [-0.25, -0.2) is 9.67 Å². The fraction of sp³-hybridized carbons (Fsp3) is 0.357. The second kappa shape index (κ2) is 5.65. The van der Waals surface area contributed by atoms with E-state index >= 15 is 0 Å². The Labute approximate surface area is 112 Å². The Bertz CT molecular complexity index is 589. The largest absolute Gasteiger partial charge is 0.356 e. The molecule has 100 valence electrons. The van der Waals surface area contributed by atoms with Gasteiger partial charge in [0.2, 0.25) is 5.91 Å². The maximum absolute atomic E-state index is 10.9. The summed E-state index contributed by atoms with van der Waals surface area (Å²) in [6, 6.07) is 6.22. The Kier molecular flexibility index (Phi) is 3.94. The number of benzene rings is 1. The molecule has 5 nitrogen and oxygen atoms in total. The van der Waals surface area contributed by atoms with Crippen LogP contribution in [0.25, 0.3) is 5.69 Å². The predicted molar refractivity (Wildman–Crippen MR) is 73.2 cm³/mol. The fourth-order valence-electron chi connectivity index (χ4n) is 2.03. The molecule has 2 rings (SSSR count). The Hall–Kier alpha value is -2.17. The molecule has 1 heterocycles. The molecule has 0 aliphatic carbocycles. The van der Waals surface area contributed by atoms with Crippen LogP contribution in [0.5, 0.6) is 0 Å². The molecule has 1 aromatic carbocycles. The standard InChI is InChI=1S/C14H18N4O/c1-10-4-5-13(11(2)8-10)18-14(16-9-17-18)6-7-15-12(3)19/h4-5,8-9H,6-7H2,1-3H3,(H,15,19). The Morgan fingerprint density at radius 2 is 2.16 bits per heavy atom. The van der Waals surface area contributed by atoms with Crippen LogP contribution in [0.3, 0.4) is 0 Å². The molecule has 2 aromatic rings. The topological polar surface area (TPSA) is 59.8 Å². The van der Waals surface area contributed by atoms with Crippen LogP contribution in [-0.4, -0.2) is 27.2 Å². The van der Waals surface area contributed by atoms with Crippen molar-refractivity contribution < 1.29 is 4.79 Å². The highest BCUT2D eigenvalue weighted by molar-refractivity contribution is 5.72. The first-order valence-corrected chi connectivity index (χ1v) is 6.29. The van der Waals surface area contributed by atoms with E-state index in [4.69, 9.17) is 0 Å². The highest BCUT2D eigenvalue weighted by atomic mass is 16.1. The van der Waals surface area contributed by atoms with Crippen molar-refractivity contribution in [3.63, 3.8) is 0 Å². The SMILES string of the molecule is CC(=O)NCCc1ncnn1-c1ccc(C)cc1C. The van der Waals surface area contributed by atoms with E-state index in [9.17, 15) is 4.79 Å². The molecule has 5 heteroatoms. The Morgan fingerprint density at radius 3 is 2.84 bits per heavy atom. The zero-order chi connectivity index (χ0) is 13.8. The summed E-state index contributed by atoms with van der Waals surface area (Å²) in [5.74, 6) is 0.818. The van der Waals surface area contributed by atoms with Crippen LogP contribution in [0.15, 0.2) is 24.5 Å². The smallest absolute Gasteiger partial charge is 0.216 e. The van der Waals surface area contributed by atoms with Crippen LogP contribution in [0.1, 0.15) is 23.9 Å². The van der Waals surface area contributed by atoms with Gasteiger partial charge in [-0.3, -0.25) is 4.79 Å². The van der Waals surface area contributed by atoms with E-state index in [0.717, 1.165) is 17.1 Å². The Balaban J connectivity index is 2.21. The second-order valence-electron chi connectivity index (χ2n) is 4.61. The number of hydrogen-bond acceptors (Lipinski definition) is 3. The van der Waals surface area contributed by atoms with Crippen LogP contribution in [0.4, 0.5) is 0 Å². The fourth-order valence-corrected chi connectivity index (χ4v) is 2.03. The number of aromatic nitrogens is 3. The molecule has 0 saturated carbocycles. The van der Waals surface area contributed by atoms with Crippen LogP contribution < -0.4 is 5.32 Å². The summed E-state index contributed by atoms with van der Waals surface area (Å²) >= 11 is 0. The molecule has 1 aromatic heterocycles. The van der Waals surface area contributed by atoms with Gasteiger partial charge in [-0.2, -0.15) is 5.10 Å². The van der Waals surface area contributed by atoms with E-state index in [0.29, 0.717) is 13.0 Å². The highest BCUT2D eigenvalue weighted by Gasteiger charge is 2.09. The number of aryl methyl sites for hydroxylation is 2. The third-order valence-corrected chi connectivity index (χ3v) is 2.92. The number of nitrogens with one attached hydrogen (secondary N) is 1. The lowest BCUT2D eigenvalue weighted by Crippen LogP contribution is -2.23. The van der Waals surface area contributed by atoms with Gasteiger partial charge < -0.3 is 5.32 Å². The lowest BCUT2D eigenvalue weighted by Gasteiger charge is -2.10. The van der Waals surface area contributed by atoms with Gasteiger partial charge in [0.25, 0.3) is 0 Å². The van der Waals surface area contributed by atoms with Gasteiger partial charge in [0, 0.05) is 19.9 Å². The zero-order valence-electron chi connectivity index (χ0n) is 11.5. The number of carbonyl (C=O) groups is 1. The molecule has 0 aliphatic heterocycles. The van der Waals surface area contributed by atoms with E-state index in [1.807, 2.05) is 10.7 Å². The van der Waals surface area contributed by atoms with Crippen LogP contribution in [-0.2, 0) is 11.2 Å². The summed E-state index contributed by atoms with van der Waals surface area (Å²) in [4.78, 5) is 15.1. The first-order valence-electron chi connectivity index (χ1n) is 6.29. The molecule has 0 atom stereocenters. The van der Waals surface area contributed by atoms with Gasteiger partial charge in [0.15, 0.2) is 0 Å². The summed E-state index contributed by atoms with van der Waals surface area (Å²) in [6.07, 6.45) is 2.20.